The lowest BCUT2D eigenvalue weighted by molar-refractivity contribution is 0.271. The lowest BCUT2D eigenvalue weighted by Crippen LogP contribution is -2.31. The van der Waals surface area contributed by atoms with Crippen molar-refractivity contribution in [1.29, 1.82) is 0 Å². The summed E-state index contributed by atoms with van der Waals surface area (Å²) in [5.74, 6) is 0. The van der Waals surface area contributed by atoms with Crippen LogP contribution in [-0.2, 0) is 0 Å². The summed E-state index contributed by atoms with van der Waals surface area (Å²) in [6.07, 6.45) is 8.78. The Morgan fingerprint density at radius 3 is 3.22 bits per heavy atom. The van der Waals surface area contributed by atoms with Crippen molar-refractivity contribution >= 4 is 0 Å². The number of hydrogen-bond donors (Lipinski definition) is 0. The van der Waals surface area contributed by atoms with E-state index in [1.807, 2.05) is 0 Å². The van der Waals surface area contributed by atoms with Gasteiger partial charge in [0.1, 0.15) is 0 Å². The minimum Gasteiger partial charge on any atom is -0.296 e. The molecule has 9 heavy (non-hydrogen) atoms. The predicted octanol–water partition coefficient (Wildman–Crippen LogP) is 1.41. The first-order chi connectivity index (χ1) is 4.47. The minimum atomic E-state index is 0.912. The highest BCUT2D eigenvalue weighted by molar-refractivity contribution is 4.98. The number of fused-ring (bicyclic) bond motifs is 1. The Hall–Kier alpha value is -0.300. The second-order valence-electron chi connectivity index (χ2n) is 3.00. The molecule has 1 atom stereocenters. The van der Waals surface area contributed by atoms with Crippen molar-refractivity contribution in [3.8, 4) is 0 Å². The van der Waals surface area contributed by atoms with Gasteiger partial charge in [0.2, 0.25) is 0 Å². The summed E-state index contributed by atoms with van der Waals surface area (Å²) in [5.41, 5.74) is 0. The van der Waals surface area contributed by atoms with Crippen LogP contribution in [0.1, 0.15) is 19.3 Å². The fourth-order valence-electron chi connectivity index (χ4n) is 1.87. The third-order valence-corrected chi connectivity index (χ3v) is 2.41. The molecule has 50 valence electrons. The molecule has 1 nitrogen and oxygen atoms in total. The van der Waals surface area contributed by atoms with Crippen molar-refractivity contribution in [2.24, 2.45) is 0 Å². The summed E-state index contributed by atoms with van der Waals surface area (Å²) in [4.78, 5) is 2.58. The molecule has 0 N–H and O–H groups in total. The monoisotopic (exact) mass is 123 g/mol. The smallest absolute Gasteiger partial charge is 0.0166 e. The van der Waals surface area contributed by atoms with E-state index in [9.17, 15) is 0 Å². The first-order valence-electron chi connectivity index (χ1n) is 3.86. The zero-order valence-corrected chi connectivity index (χ0v) is 5.71. The van der Waals surface area contributed by atoms with Gasteiger partial charge in [0.15, 0.2) is 0 Å². The molecular weight excluding hydrogens is 110 g/mol. The Kier molecular flexibility index (Phi) is 1.31. The Morgan fingerprint density at radius 2 is 2.33 bits per heavy atom. The molecule has 0 radical (unpaired) electrons. The van der Waals surface area contributed by atoms with Crippen LogP contribution in [0, 0.1) is 0 Å². The lowest BCUT2D eigenvalue weighted by atomic mass is 10.1. The van der Waals surface area contributed by atoms with Crippen molar-refractivity contribution in [2.75, 3.05) is 13.1 Å². The molecule has 0 aromatic heterocycles. The van der Waals surface area contributed by atoms with E-state index in [-0.39, 0.29) is 0 Å². The Bertz CT molecular complexity index is 115. The van der Waals surface area contributed by atoms with Gasteiger partial charge in [-0.3, -0.25) is 4.90 Å². The van der Waals surface area contributed by atoms with Crippen LogP contribution in [0.5, 0.6) is 0 Å². The van der Waals surface area contributed by atoms with Gasteiger partial charge in [-0.05, 0) is 25.8 Å². The zero-order chi connectivity index (χ0) is 6.10. The molecule has 0 spiro atoms. The highest BCUT2D eigenvalue weighted by Gasteiger charge is 2.23. The van der Waals surface area contributed by atoms with Gasteiger partial charge in [0.25, 0.3) is 0 Å². The van der Waals surface area contributed by atoms with E-state index in [1.165, 1.54) is 32.4 Å². The van der Waals surface area contributed by atoms with Crippen LogP contribution < -0.4 is 0 Å². The molecule has 2 aliphatic heterocycles. The summed E-state index contributed by atoms with van der Waals surface area (Å²) in [6, 6.07) is 0.912. The molecule has 0 aliphatic carbocycles. The Labute approximate surface area is 56.4 Å². The second-order valence-corrected chi connectivity index (χ2v) is 3.00. The molecule has 2 heterocycles. The Morgan fingerprint density at radius 1 is 1.33 bits per heavy atom. The van der Waals surface area contributed by atoms with E-state index in [1.54, 1.807) is 0 Å². The van der Waals surface area contributed by atoms with Crippen molar-refractivity contribution in [2.45, 2.75) is 25.3 Å². The molecule has 2 rings (SSSR count). The maximum absolute atomic E-state index is 2.58. The number of hydrogen-bond acceptors (Lipinski definition) is 1. The van der Waals surface area contributed by atoms with Crippen molar-refractivity contribution < 1.29 is 0 Å². The van der Waals surface area contributed by atoms with Crippen LogP contribution in [0.4, 0.5) is 0 Å². The molecule has 1 fully saturated rings. The number of nitrogens with zero attached hydrogens (tertiary/aromatic N) is 1. The van der Waals surface area contributed by atoms with Crippen LogP contribution in [-0.4, -0.2) is 24.0 Å². The van der Waals surface area contributed by atoms with E-state index in [0.29, 0.717) is 0 Å². The molecule has 0 aromatic rings. The largest absolute Gasteiger partial charge is 0.296 e. The van der Waals surface area contributed by atoms with Gasteiger partial charge in [0, 0.05) is 12.6 Å². The molecule has 0 saturated carbocycles. The molecule has 0 unspecified atom stereocenters. The molecule has 0 aromatic carbocycles. The van der Waals surface area contributed by atoms with E-state index < -0.39 is 0 Å². The Balaban J connectivity index is 2.07. The predicted molar refractivity (Wildman–Crippen MR) is 38.4 cm³/mol. The topological polar surface area (TPSA) is 3.24 Å². The first kappa shape index (κ1) is 5.48. The summed E-state index contributed by atoms with van der Waals surface area (Å²) in [5, 5.41) is 0. The molecular formula is C8H13N. The SMILES string of the molecule is C1=CCN2CCC[C@H]2C1. The van der Waals surface area contributed by atoms with Gasteiger partial charge in [-0.2, -0.15) is 0 Å². The number of rotatable bonds is 0. The maximum atomic E-state index is 2.58. The fourth-order valence-corrected chi connectivity index (χ4v) is 1.87. The highest BCUT2D eigenvalue weighted by atomic mass is 15.2. The zero-order valence-electron chi connectivity index (χ0n) is 5.71. The molecule has 1 heteroatoms. The fraction of sp³-hybridized carbons (Fsp3) is 0.750. The molecule has 2 aliphatic rings. The van der Waals surface area contributed by atoms with Crippen LogP contribution in [0.3, 0.4) is 0 Å². The van der Waals surface area contributed by atoms with Gasteiger partial charge >= 0.3 is 0 Å². The van der Waals surface area contributed by atoms with Gasteiger partial charge in [-0.15, -0.1) is 0 Å². The average Bonchev–Trinajstić information content (AvgIpc) is 2.33. The van der Waals surface area contributed by atoms with Crippen LogP contribution in [0.15, 0.2) is 12.2 Å². The van der Waals surface area contributed by atoms with E-state index in [0.717, 1.165) is 6.04 Å². The lowest BCUT2D eigenvalue weighted by Gasteiger charge is -2.24. The average molecular weight is 123 g/mol. The van der Waals surface area contributed by atoms with Gasteiger partial charge < -0.3 is 0 Å². The van der Waals surface area contributed by atoms with E-state index >= 15 is 0 Å². The second kappa shape index (κ2) is 2.14. The van der Waals surface area contributed by atoms with Gasteiger partial charge in [-0.1, -0.05) is 12.2 Å². The highest BCUT2D eigenvalue weighted by Crippen LogP contribution is 2.22. The van der Waals surface area contributed by atoms with Crippen molar-refractivity contribution in [1.82, 2.24) is 4.90 Å². The minimum absolute atomic E-state index is 0.912. The third kappa shape index (κ3) is 0.897. The maximum Gasteiger partial charge on any atom is 0.0166 e. The first-order valence-corrected chi connectivity index (χ1v) is 3.86. The van der Waals surface area contributed by atoms with Crippen molar-refractivity contribution in [3.05, 3.63) is 12.2 Å². The quantitative estimate of drug-likeness (QED) is 0.440. The normalized spacial score (nSPS) is 34.9. The standard InChI is InChI=1S/C8H13N/c1-2-6-9-7-3-5-8(9)4-1/h1-2,8H,3-7H2/t8-/m1/s1. The summed E-state index contributed by atoms with van der Waals surface area (Å²) in [6.45, 7) is 2.56. The van der Waals surface area contributed by atoms with Crippen molar-refractivity contribution in [3.63, 3.8) is 0 Å². The van der Waals surface area contributed by atoms with Crippen LogP contribution in [0.25, 0.3) is 0 Å². The van der Waals surface area contributed by atoms with E-state index in [4.69, 9.17) is 0 Å². The van der Waals surface area contributed by atoms with Crippen LogP contribution >= 0.6 is 0 Å². The third-order valence-electron chi connectivity index (χ3n) is 2.41. The summed E-state index contributed by atoms with van der Waals surface area (Å²) < 4.78 is 0. The molecule has 1 saturated heterocycles. The van der Waals surface area contributed by atoms with E-state index in [2.05, 4.69) is 17.1 Å². The summed E-state index contributed by atoms with van der Waals surface area (Å²) in [7, 11) is 0. The molecule has 0 bridgehead atoms. The van der Waals surface area contributed by atoms with Gasteiger partial charge in [0.05, 0.1) is 0 Å². The summed E-state index contributed by atoms with van der Waals surface area (Å²) >= 11 is 0. The van der Waals surface area contributed by atoms with Crippen LogP contribution in [0.2, 0.25) is 0 Å². The molecule has 0 amide bonds. The van der Waals surface area contributed by atoms with Gasteiger partial charge in [-0.25, -0.2) is 0 Å².